The largest absolute Gasteiger partial charge is 0.382 e. The fourth-order valence-electron chi connectivity index (χ4n) is 1.48. The van der Waals surface area contributed by atoms with E-state index in [9.17, 15) is 4.79 Å². The quantitative estimate of drug-likeness (QED) is 0.684. The summed E-state index contributed by atoms with van der Waals surface area (Å²) in [5, 5.41) is 0.680. The monoisotopic (exact) mass is 240 g/mol. The maximum atomic E-state index is 11.6. The number of halogens is 1. The number of hydrogen-bond acceptors (Lipinski definition) is 2. The third-order valence-electron chi connectivity index (χ3n) is 2.24. The van der Waals surface area contributed by atoms with Gasteiger partial charge in [-0.3, -0.25) is 4.79 Å². The van der Waals surface area contributed by atoms with Crippen LogP contribution in [0.25, 0.3) is 0 Å². The van der Waals surface area contributed by atoms with Gasteiger partial charge < -0.3 is 4.74 Å². The van der Waals surface area contributed by atoms with E-state index in [1.54, 1.807) is 0 Å². The van der Waals surface area contributed by atoms with Gasteiger partial charge in [0.25, 0.3) is 0 Å². The van der Waals surface area contributed by atoms with E-state index in [2.05, 4.69) is 0 Å². The van der Waals surface area contributed by atoms with Crippen LogP contribution in [0.1, 0.15) is 25.3 Å². The number of benzene rings is 1. The average molecular weight is 241 g/mol. The maximum absolute atomic E-state index is 11.6. The molecule has 1 aromatic rings. The maximum Gasteiger partial charge on any atom is 0.137 e. The third kappa shape index (κ3) is 5.29. The summed E-state index contributed by atoms with van der Waals surface area (Å²) in [6, 6.07) is 7.43. The van der Waals surface area contributed by atoms with E-state index in [0.29, 0.717) is 31.1 Å². The van der Waals surface area contributed by atoms with E-state index in [1.165, 1.54) is 0 Å². The van der Waals surface area contributed by atoms with Gasteiger partial charge in [0.05, 0.1) is 0 Å². The summed E-state index contributed by atoms with van der Waals surface area (Å²) < 4.78 is 5.18. The first-order valence-corrected chi connectivity index (χ1v) is 5.94. The lowest BCUT2D eigenvalue weighted by Crippen LogP contribution is -2.04. The lowest BCUT2D eigenvalue weighted by atomic mass is 10.1. The van der Waals surface area contributed by atoms with Crippen molar-refractivity contribution in [3.8, 4) is 0 Å². The van der Waals surface area contributed by atoms with E-state index in [1.807, 2.05) is 31.2 Å². The van der Waals surface area contributed by atoms with E-state index in [-0.39, 0.29) is 5.78 Å². The Labute approximate surface area is 102 Å². The summed E-state index contributed by atoms with van der Waals surface area (Å²) in [5.41, 5.74) is 0.980. The standard InChI is InChI=1S/C13H17ClO2/c1-2-16-8-4-7-13(15)10-11-5-3-6-12(14)9-11/h3,5-6,9H,2,4,7-8,10H2,1H3. The molecule has 0 unspecified atom stereocenters. The Kier molecular flexibility index (Phi) is 6.12. The molecule has 0 N–H and O–H groups in total. The molecule has 0 spiro atoms. The Morgan fingerprint density at radius 1 is 1.44 bits per heavy atom. The minimum atomic E-state index is 0.238. The van der Waals surface area contributed by atoms with Crippen LogP contribution in [-0.4, -0.2) is 19.0 Å². The van der Waals surface area contributed by atoms with Crippen molar-refractivity contribution < 1.29 is 9.53 Å². The molecule has 0 radical (unpaired) electrons. The highest BCUT2D eigenvalue weighted by Gasteiger charge is 2.03. The Morgan fingerprint density at radius 2 is 2.25 bits per heavy atom. The van der Waals surface area contributed by atoms with Crippen LogP contribution < -0.4 is 0 Å². The van der Waals surface area contributed by atoms with Crippen molar-refractivity contribution in [1.82, 2.24) is 0 Å². The normalized spacial score (nSPS) is 10.4. The van der Waals surface area contributed by atoms with Crippen molar-refractivity contribution in [2.45, 2.75) is 26.2 Å². The lowest BCUT2D eigenvalue weighted by Gasteiger charge is -2.02. The fourth-order valence-corrected chi connectivity index (χ4v) is 1.69. The van der Waals surface area contributed by atoms with Crippen molar-refractivity contribution in [2.75, 3.05) is 13.2 Å². The summed E-state index contributed by atoms with van der Waals surface area (Å²) in [6.45, 7) is 3.33. The second-order valence-corrected chi connectivity index (χ2v) is 4.08. The second kappa shape index (κ2) is 7.42. The number of carbonyl (C=O) groups is 1. The summed E-state index contributed by atoms with van der Waals surface area (Å²) in [5.74, 6) is 0.238. The van der Waals surface area contributed by atoms with E-state index >= 15 is 0 Å². The van der Waals surface area contributed by atoms with Gasteiger partial charge in [0.1, 0.15) is 5.78 Å². The lowest BCUT2D eigenvalue weighted by molar-refractivity contribution is -0.118. The van der Waals surface area contributed by atoms with Crippen LogP contribution in [0.5, 0.6) is 0 Å². The first-order chi connectivity index (χ1) is 7.72. The molecular formula is C13H17ClO2. The predicted molar refractivity (Wildman–Crippen MR) is 65.9 cm³/mol. The van der Waals surface area contributed by atoms with Crippen molar-refractivity contribution in [1.29, 1.82) is 0 Å². The summed E-state index contributed by atoms with van der Waals surface area (Å²) in [7, 11) is 0. The molecule has 16 heavy (non-hydrogen) atoms. The molecule has 3 heteroatoms. The zero-order valence-electron chi connectivity index (χ0n) is 9.54. The number of Topliss-reactive ketones (excluding diaryl/α,β-unsaturated/α-hetero) is 1. The SMILES string of the molecule is CCOCCCC(=O)Cc1cccc(Cl)c1. The topological polar surface area (TPSA) is 26.3 Å². The summed E-state index contributed by atoms with van der Waals surface area (Å²) in [6.07, 6.45) is 1.84. The number of hydrogen-bond donors (Lipinski definition) is 0. The van der Waals surface area contributed by atoms with Crippen LogP contribution in [-0.2, 0) is 16.0 Å². The highest BCUT2D eigenvalue weighted by atomic mass is 35.5. The molecule has 0 aromatic heterocycles. The zero-order valence-corrected chi connectivity index (χ0v) is 10.3. The molecule has 0 amide bonds. The molecule has 0 atom stereocenters. The highest BCUT2D eigenvalue weighted by molar-refractivity contribution is 6.30. The molecule has 0 saturated heterocycles. The average Bonchev–Trinajstić information content (AvgIpc) is 2.24. The molecule has 2 nitrogen and oxygen atoms in total. The molecule has 88 valence electrons. The molecule has 1 aromatic carbocycles. The second-order valence-electron chi connectivity index (χ2n) is 3.65. The van der Waals surface area contributed by atoms with Crippen LogP contribution in [0.4, 0.5) is 0 Å². The molecule has 0 aliphatic heterocycles. The molecule has 0 bridgehead atoms. The van der Waals surface area contributed by atoms with Crippen molar-refractivity contribution in [3.63, 3.8) is 0 Å². The van der Waals surface area contributed by atoms with Crippen molar-refractivity contribution in [3.05, 3.63) is 34.9 Å². The summed E-state index contributed by atoms with van der Waals surface area (Å²) in [4.78, 5) is 11.6. The van der Waals surface area contributed by atoms with Crippen LogP contribution in [0.3, 0.4) is 0 Å². The first kappa shape index (κ1) is 13.2. The first-order valence-electron chi connectivity index (χ1n) is 5.56. The van der Waals surface area contributed by atoms with Gasteiger partial charge in [-0.1, -0.05) is 23.7 Å². The molecule has 0 aliphatic carbocycles. The van der Waals surface area contributed by atoms with Crippen LogP contribution in [0.2, 0.25) is 5.02 Å². The molecule has 1 rings (SSSR count). The van der Waals surface area contributed by atoms with Gasteiger partial charge in [0, 0.05) is 31.1 Å². The summed E-state index contributed by atoms with van der Waals surface area (Å²) >= 11 is 5.84. The Balaban J connectivity index is 2.29. The highest BCUT2D eigenvalue weighted by Crippen LogP contribution is 2.12. The van der Waals surface area contributed by atoms with Crippen LogP contribution in [0, 0.1) is 0 Å². The van der Waals surface area contributed by atoms with Gasteiger partial charge in [0.15, 0.2) is 0 Å². The van der Waals surface area contributed by atoms with E-state index < -0.39 is 0 Å². The Morgan fingerprint density at radius 3 is 2.94 bits per heavy atom. The van der Waals surface area contributed by atoms with Gasteiger partial charge in [-0.2, -0.15) is 0 Å². The van der Waals surface area contributed by atoms with Gasteiger partial charge in [0.2, 0.25) is 0 Å². The van der Waals surface area contributed by atoms with Crippen LogP contribution in [0.15, 0.2) is 24.3 Å². The van der Waals surface area contributed by atoms with Gasteiger partial charge in [-0.25, -0.2) is 0 Å². The molecule has 0 fully saturated rings. The number of rotatable bonds is 7. The molecule has 0 heterocycles. The van der Waals surface area contributed by atoms with Gasteiger partial charge in [-0.05, 0) is 31.0 Å². The molecular weight excluding hydrogens is 224 g/mol. The van der Waals surface area contributed by atoms with Gasteiger partial charge >= 0.3 is 0 Å². The number of ketones is 1. The number of carbonyl (C=O) groups excluding carboxylic acids is 1. The fraction of sp³-hybridized carbons (Fsp3) is 0.462. The Bertz CT molecular complexity index is 336. The smallest absolute Gasteiger partial charge is 0.137 e. The van der Waals surface area contributed by atoms with E-state index in [4.69, 9.17) is 16.3 Å². The Hall–Kier alpha value is -0.860. The number of ether oxygens (including phenoxy) is 1. The van der Waals surface area contributed by atoms with Crippen molar-refractivity contribution >= 4 is 17.4 Å². The van der Waals surface area contributed by atoms with E-state index in [0.717, 1.165) is 12.0 Å². The third-order valence-corrected chi connectivity index (χ3v) is 2.47. The molecule has 0 aliphatic rings. The van der Waals surface area contributed by atoms with Crippen molar-refractivity contribution in [2.24, 2.45) is 0 Å². The van der Waals surface area contributed by atoms with Gasteiger partial charge in [-0.15, -0.1) is 0 Å². The predicted octanol–water partition coefficient (Wildman–Crippen LogP) is 3.27. The minimum absolute atomic E-state index is 0.238. The minimum Gasteiger partial charge on any atom is -0.382 e. The molecule has 0 saturated carbocycles. The zero-order chi connectivity index (χ0) is 11.8. The van der Waals surface area contributed by atoms with Crippen LogP contribution >= 0.6 is 11.6 Å².